The molecule has 2 aromatic carbocycles. The number of piperazine rings is 1. The van der Waals surface area contributed by atoms with Crippen LogP contribution >= 0.6 is 11.6 Å². The van der Waals surface area contributed by atoms with E-state index in [4.69, 9.17) is 11.6 Å². The smallest absolute Gasteiger partial charge is 0.268 e. The third kappa shape index (κ3) is 3.58. The zero-order chi connectivity index (χ0) is 20.8. The first-order valence-electron chi connectivity index (χ1n) is 8.88. The summed E-state index contributed by atoms with van der Waals surface area (Å²) in [5, 5.41) is 3.54. The Labute approximate surface area is 170 Å². The van der Waals surface area contributed by atoms with E-state index in [0.29, 0.717) is 31.9 Å². The molecule has 0 amide bonds. The molecule has 0 radical (unpaired) electrons. The number of hydrogen-bond donors (Lipinski definition) is 1. The lowest BCUT2D eigenvalue weighted by molar-refractivity contribution is 0.153. The minimum Gasteiger partial charge on any atom is -0.368 e. The van der Waals surface area contributed by atoms with E-state index in [-0.39, 0.29) is 20.8 Å². The monoisotopic (exact) mass is 443 g/mol. The quantitative estimate of drug-likeness (QED) is 0.661. The summed E-state index contributed by atoms with van der Waals surface area (Å²) < 4.78 is 68.4. The second kappa shape index (κ2) is 7.55. The van der Waals surface area contributed by atoms with Gasteiger partial charge in [0, 0.05) is 54.0 Å². The van der Waals surface area contributed by atoms with Gasteiger partial charge in [-0.25, -0.2) is 25.6 Å². The number of aromatic nitrogens is 1. The van der Waals surface area contributed by atoms with E-state index >= 15 is 0 Å². The SMILES string of the molecule is O=S(=O)(c1cccc(F)c1)n1cc(C(F)F)c2c(N3CCNCC3)cc(Cl)cc21. The first-order valence-corrected chi connectivity index (χ1v) is 10.7. The maximum absolute atomic E-state index is 13.9. The summed E-state index contributed by atoms with van der Waals surface area (Å²) in [6.07, 6.45) is -2.00. The predicted octanol–water partition coefficient (Wildman–Crippen LogP) is 4.02. The fourth-order valence-electron chi connectivity index (χ4n) is 3.57. The number of nitrogens with one attached hydrogen (secondary N) is 1. The van der Waals surface area contributed by atoms with Gasteiger partial charge in [0.25, 0.3) is 16.4 Å². The molecular weight excluding hydrogens is 427 g/mol. The van der Waals surface area contributed by atoms with E-state index in [1.807, 2.05) is 4.90 Å². The summed E-state index contributed by atoms with van der Waals surface area (Å²) in [4.78, 5) is 1.56. The van der Waals surface area contributed by atoms with E-state index in [2.05, 4.69) is 5.32 Å². The van der Waals surface area contributed by atoms with Crippen molar-refractivity contribution in [2.24, 2.45) is 0 Å². The topological polar surface area (TPSA) is 54.3 Å². The fourth-order valence-corrected chi connectivity index (χ4v) is 5.17. The molecule has 29 heavy (non-hydrogen) atoms. The number of halogens is 4. The van der Waals surface area contributed by atoms with Crippen LogP contribution < -0.4 is 10.2 Å². The van der Waals surface area contributed by atoms with Crippen LogP contribution in [-0.2, 0) is 10.0 Å². The number of anilines is 1. The lowest BCUT2D eigenvalue weighted by Gasteiger charge is -2.30. The van der Waals surface area contributed by atoms with Gasteiger partial charge < -0.3 is 10.2 Å². The molecule has 1 saturated heterocycles. The van der Waals surface area contributed by atoms with Crippen molar-refractivity contribution < 1.29 is 21.6 Å². The minimum absolute atomic E-state index is 0.0330. The van der Waals surface area contributed by atoms with E-state index in [9.17, 15) is 21.6 Å². The standard InChI is InChI=1S/C19H17ClF3N3O2S/c20-12-8-16(25-6-4-24-5-7-25)18-15(19(22)23)11-26(17(18)9-12)29(27,28)14-3-1-2-13(21)10-14/h1-3,8-11,19,24H,4-7H2. The molecule has 154 valence electrons. The molecule has 0 spiro atoms. The fraction of sp³-hybridized carbons (Fsp3) is 0.263. The maximum atomic E-state index is 13.9. The number of rotatable bonds is 4. The highest BCUT2D eigenvalue weighted by Gasteiger charge is 2.28. The Hall–Kier alpha value is -2.23. The third-order valence-electron chi connectivity index (χ3n) is 4.89. The molecule has 1 aliphatic rings. The Bertz CT molecular complexity index is 1170. The number of benzene rings is 2. The van der Waals surface area contributed by atoms with Crippen LogP contribution in [0.1, 0.15) is 12.0 Å². The second-order valence-electron chi connectivity index (χ2n) is 6.70. The molecule has 4 rings (SSSR count). The van der Waals surface area contributed by atoms with E-state index < -0.39 is 27.8 Å². The summed E-state index contributed by atoms with van der Waals surface area (Å²) in [5.74, 6) is -0.740. The molecule has 1 aliphatic heterocycles. The van der Waals surface area contributed by atoms with Crippen LogP contribution in [0.25, 0.3) is 10.9 Å². The lowest BCUT2D eigenvalue weighted by atomic mass is 10.1. The zero-order valence-corrected chi connectivity index (χ0v) is 16.7. The van der Waals surface area contributed by atoms with Gasteiger partial charge in [0.05, 0.1) is 10.4 Å². The molecule has 10 heteroatoms. The molecule has 1 fully saturated rings. The molecule has 0 saturated carbocycles. The Balaban J connectivity index is 2.00. The Morgan fingerprint density at radius 2 is 1.83 bits per heavy atom. The van der Waals surface area contributed by atoms with Crippen molar-refractivity contribution >= 4 is 38.2 Å². The molecule has 0 aliphatic carbocycles. The molecule has 5 nitrogen and oxygen atoms in total. The largest absolute Gasteiger partial charge is 0.368 e. The lowest BCUT2D eigenvalue weighted by Crippen LogP contribution is -2.43. The summed E-state index contributed by atoms with van der Waals surface area (Å²) in [5.41, 5.74) is 0.0771. The highest BCUT2D eigenvalue weighted by Crippen LogP contribution is 2.40. The van der Waals surface area contributed by atoms with Crippen LogP contribution in [0.15, 0.2) is 47.5 Å². The summed E-state index contributed by atoms with van der Waals surface area (Å²) in [6, 6.07) is 7.34. The number of fused-ring (bicyclic) bond motifs is 1. The van der Waals surface area contributed by atoms with Crippen molar-refractivity contribution in [2.45, 2.75) is 11.3 Å². The van der Waals surface area contributed by atoms with Gasteiger partial charge in [0.1, 0.15) is 5.82 Å². The van der Waals surface area contributed by atoms with Crippen LogP contribution in [0, 0.1) is 5.82 Å². The Kier molecular flexibility index (Phi) is 5.22. The van der Waals surface area contributed by atoms with Crippen molar-refractivity contribution in [3.8, 4) is 0 Å². The molecular formula is C19H17ClF3N3O2S. The summed E-state index contributed by atoms with van der Waals surface area (Å²) in [7, 11) is -4.31. The minimum atomic E-state index is -4.31. The van der Waals surface area contributed by atoms with Gasteiger partial charge >= 0.3 is 0 Å². The average molecular weight is 444 g/mol. The van der Waals surface area contributed by atoms with E-state index in [1.54, 1.807) is 6.07 Å². The van der Waals surface area contributed by atoms with Crippen molar-refractivity contribution in [1.29, 1.82) is 0 Å². The van der Waals surface area contributed by atoms with Crippen LogP contribution in [0.2, 0.25) is 5.02 Å². The van der Waals surface area contributed by atoms with Crippen molar-refractivity contribution in [3.05, 3.63) is 59.0 Å². The Morgan fingerprint density at radius 3 is 2.48 bits per heavy atom. The summed E-state index contributed by atoms with van der Waals surface area (Å²) >= 11 is 6.23. The van der Waals surface area contributed by atoms with Crippen LogP contribution in [0.4, 0.5) is 18.9 Å². The highest BCUT2D eigenvalue weighted by atomic mass is 35.5. The van der Waals surface area contributed by atoms with E-state index in [1.165, 1.54) is 18.2 Å². The first kappa shape index (κ1) is 20.1. The predicted molar refractivity (Wildman–Crippen MR) is 106 cm³/mol. The van der Waals surface area contributed by atoms with Gasteiger partial charge in [-0.15, -0.1) is 0 Å². The summed E-state index contributed by atoms with van der Waals surface area (Å²) in [6.45, 7) is 2.47. The van der Waals surface area contributed by atoms with Gasteiger partial charge in [-0.1, -0.05) is 17.7 Å². The van der Waals surface area contributed by atoms with Crippen LogP contribution in [0.5, 0.6) is 0 Å². The van der Waals surface area contributed by atoms with Crippen molar-refractivity contribution in [1.82, 2.24) is 9.29 Å². The molecule has 1 aromatic heterocycles. The zero-order valence-electron chi connectivity index (χ0n) is 15.1. The normalized spacial score (nSPS) is 15.4. The van der Waals surface area contributed by atoms with Gasteiger partial charge in [-0.05, 0) is 30.3 Å². The molecule has 3 aromatic rings. The maximum Gasteiger partial charge on any atom is 0.268 e. The van der Waals surface area contributed by atoms with Crippen LogP contribution in [-0.4, -0.2) is 38.6 Å². The van der Waals surface area contributed by atoms with Gasteiger partial charge in [-0.3, -0.25) is 0 Å². The van der Waals surface area contributed by atoms with Crippen LogP contribution in [0.3, 0.4) is 0 Å². The molecule has 0 bridgehead atoms. The first-order chi connectivity index (χ1) is 13.8. The third-order valence-corrected chi connectivity index (χ3v) is 6.78. The molecule has 0 unspecified atom stereocenters. The molecule has 1 N–H and O–H groups in total. The number of alkyl halides is 2. The van der Waals surface area contributed by atoms with Crippen molar-refractivity contribution in [3.63, 3.8) is 0 Å². The van der Waals surface area contributed by atoms with Gasteiger partial charge in [0.15, 0.2) is 0 Å². The number of hydrogen-bond acceptors (Lipinski definition) is 4. The number of nitrogens with zero attached hydrogens (tertiary/aromatic N) is 2. The van der Waals surface area contributed by atoms with E-state index in [0.717, 1.165) is 22.3 Å². The van der Waals surface area contributed by atoms with Crippen molar-refractivity contribution in [2.75, 3.05) is 31.1 Å². The second-order valence-corrected chi connectivity index (χ2v) is 8.95. The van der Waals surface area contributed by atoms with Gasteiger partial charge in [-0.2, -0.15) is 0 Å². The molecule has 2 heterocycles. The Morgan fingerprint density at radius 1 is 1.10 bits per heavy atom. The average Bonchev–Trinajstić information content (AvgIpc) is 3.08. The molecule has 0 atom stereocenters. The van der Waals surface area contributed by atoms with Gasteiger partial charge in [0.2, 0.25) is 0 Å². The highest BCUT2D eigenvalue weighted by molar-refractivity contribution is 7.90.